The number of ether oxygens (including phenoxy) is 1. The molecule has 2 nitrogen and oxygen atoms in total. The zero-order valence-corrected chi connectivity index (χ0v) is 13.9. The monoisotopic (exact) mass is 323 g/mol. The summed E-state index contributed by atoms with van der Waals surface area (Å²) < 4.78 is 5.63. The molecule has 1 N–H and O–H groups in total. The van der Waals surface area contributed by atoms with Gasteiger partial charge in [0, 0.05) is 21.8 Å². The normalized spacial score (nSPS) is 12.3. The molecule has 0 radical (unpaired) electrons. The minimum atomic E-state index is 0.0895. The molecule has 2 aromatic rings. The largest absolute Gasteiger partial charge is 0.491 e. The third-order valence-electron chi connectivity index (χ3n) is 3.04. The van der Waals surface area contributed by atoms with Crippen molar-refractivity contribution in [2.24, 2.45) is 0 Å². The Kier molecular flexibility index (Phi) is 5.38. The number of rotatable bonds is 5. The summed E-state index contributed by atoms with van der Waals surface area (Å²) in [7, 11) is 0. The standard InChI is InChI=1S/C17H19Cl2NO/c1-11(2)21-15-7-5-14(6-8-15)20-12(3)16-9-4-13(18)10-17(16)19/h4-12,20H,1-3H3. The Morgan fingerprint density at radius 3 is 2.19 bits per heavy atom. The van der Waals surface area contributed by atoms with Gasteiger partial charge in [0.15, 0.2) is 0 Å². The Labute approximate surface area is 136 Å². The second-order valence-corrected chi connectivity index (χ2v) is 6.07. The number of anilines is 1. The van der Waals surface area contributed by atoms with Crippen molar-refractivity contribution < 1.29 is 4.74 Å². The Morgan fingerprint density at radius 2 is 1.62 bits per heavy atom. The van der Waals surface area contributed by atoms with Crippen LogP contribution in [0.3, 0.4) is 0 Å². The second kappa shape index (κ2) is 7.06. The number of halogens is 2. The maximum absolute atomic E-state index is 6.23. The molecule has 1 unspecified atom stereocenters. The highest BCUT2D eigenvalue weighted by Crippen LogP contribution is 2.29. The molecular formula is C17H19Cl2NO. The molecule has 1 atom stereocenters. The van der Waals surface area contributed by atoms with Crippen LogP contribution >= 0.6 is 23.2 Å². The van der Waals surface area contributed by atoms with Crippen molar-refractivity contribution in [2.75, 3.05) is 5.32 Å². The first-order chi connectivity index (χ1) is 9.95. The first kappa shape index (κ1) is 16.0. The highest BCUT2D eigenvalue weighted by molar-refractivity contribution is 6.35. The third kappa shape index (κ3) is 4.55. The fourth-order valence-electron chi connectivity index (χ4n) is 2.08. The first-order valence-corrected chi connectivity index (χ1v) is 7.69. The van der Waals surface area contributed by atoms with E-state index in [0.717, 1.165) is 17.0 Å². The highest BCUT2D eigenvalue weighted by atomic mass is 35.5. The van der Waals surface area contributed by atoms with Crippen molar-refractivity contribution in [1.29, 1.82) is 0 Å². The van der Waals surface area contributed by atoms with Gasteiger partial charge in [-0.2, -0.15) is 0 Å². The van der Waals surface area contributed by atoms with Crippen LogP contribution in [0.25, 0.3) is 0 Å². The Bertz CT molecular complexity index is 596. The number of benzene rings is 2. The molecule has 0 saturated heterocycles. The summed E-state index contributed by atoms with van der Waals surface area (Å²) in [5, 5.41) is 4.73. The molecule has 0 fully saturated rings. The SMILES string of the molecule is CC(C)Oc1ccc(NC(C)c2ccc(Cl)cc2Cl)cc1. The molecule has 2 rings (SSSR count). The smallest absolute Gasteiger partial charge is 0.119 e. The van der Waals surface area contributed by atoms with Gasteiger partial charge in [0.2, 0.25) is 0 Å². The summed E-state index contributed by atoms with van der Waals surface area (Å²) in [6.45, 7) is 6.08. The zero-order valence-electron chi connectivity index (χ0n) is 12.4. The fourth-order valence-corrected chi connectivity index (χ4v) is 2.65. The summed E-state index contributed by atoms with van der Waals surface area (Å²) in [4.78, 5) is 0. The molecule has 0 aliphatic rings. The van der Waals surface area contributed by atoms with E-state index < -0.39 is 0 Å². The summed E-state index contributed by atoms with van der Waals surface area (Å²) in [6.07, 6.45) is 0.176. The van der Waals surface area contributed by atoms with E-state index in [1.807, 2.05) is 50.2 Å². The molecule has 0 saturated carbocycles. The van der Waals surface area contributed by atoms with Crippen molar-refractivity contribution in [1.82, 2.24) is 0 Å². The maximum atomic E-state index is 6.23. The van der Waals surface area contributed by atoms with Crippen LogP contribution in [0, 0.1) is 0 Å². The molecule has 4 heteroatoms. The van der Waals surface area contributed by atoms with Gasteiger partial charge in [-0.3, -0.25) is 0 Å². The highest BCUT2D eigenvalue weighted by Gasteiger charge is 2.10. The molecule has 112 valence electrons. The molecule has 21 heavy (non-hydrogen) atoms. The lowest BCUT2D eigenvalue weighted by Gasteiger charge is -2.18. The van der Waals surface area contributed by atoms with E-state index in [2.05, 4.69) is 12.2 Å². The Morgan fingerprint density at radius 1 is 0.952 bits per heavy atom. The van der Waals surface area contributed by atoms with Gasteiger partial charge in [-0.15, -0.1) is 0 Å². The minimum absolute atomic E-state index is 0.0895. The summed E-state index contributed by atoms with van der Waals surface area (Å²) in [5.41, 5.74) is 2.04. The minimum Gasteiger partial charge on any atom is -0.491 e. The van der Waals surface area contributed by atoms with Crippen molar-refractivity contribution in [3.63, 3.8) is 0 Å². The van der Waals surface area contributed by atoms with Crippen LogP contribution in [0.5, 0.6) is 5.75 Å². The van der Waals surface area contributed by atoms with Gasteiger partial charge in [-0.05, 0) is 62.7 Å². The van der Waals surface area contributed by atoms with E-state index in [1.54, 1.807) is 6.07 Å². The Hall–Kier alpha value is -1.38. The zero-order chi connectivity index (χ0) is 15.4. The molecule has 0 heterocycles. The lowest BCUT2D eigenvalue weighted by atomic mass is 10.1. The fraction of sp³-hybridized carbons (Fsp3) is 0.294. The van der Waals surface area contributed by atoms with Gasteiger partial charge < -0.3 is 10.1 Å². The summed E-state index contributed by atoms with van der Waals surface area (Å²) in [5.74, 6) is 0.868. The van der Waals surface area contributed by atoms with Crippen LogP contribution in [0.2, 0.25) is 10.0 Å². The van der Waals surface area contributed by atoms with Gasteiger partial charge in [0.1, 0.15) is 5.75 Å². The lowest BCUT2D eigenvalue weighted by molar-refractivity contribution is 0.242. The van der Waals surface area contributed by atoms with E-state index in [-0.39, 0.29) is 12.1 Å². The summed E-state index contributed by atoms with van der Waals surface area (Å²) >= 11 is 12.2. The topological polar surface area (TPSA) is 21.3 Å². The molecule has 2 aromatic carbocycles. The number of hydrogen-bond donors (Lipinski definition) is 1. The van der Waals surface area contributed by atoms with Crippen LogP contribution in [0.4, 0.5) is 5.69 Å². The van der Waals surface area contributed by atoms with Crippen molar-refractivity contribution in [2.45, 2.75) is 32.9 Å². The van der Waals surface area contributed by atoms with Gasteiger partial charge in [0.05, 0.1) is 6.10 Å². The van der Waals surface area contributed by atoms with Crippen molar-refractivity contribution >= 4 is 28.9 Å². The van der Waals surface area contributed by atoms with Crippen LogP contribution in [-0.4, -0.2) is 6.10 Å². The van der Waals surface area contributed by atoms with E-state index in [0.29, 0.717) is 10.0 Å². The molecular weight excluding hydrogens is 305 g/mol. The van der Waals surface area contributed by atoms with E-state index in [4.69, 9.17) is 27.9 Å². The van der Waals surface area contributed by atoms with Gasteiger partial charge >= 0.3 is 0 Å². The average molecular weight is 324 g/mol. The second-order valence-electron chi connectivity index (χ2n) is 5.22. The van der Waals surface area contributed by atoms with Crippen molar-refractivity contribution in [3.8, 4) is 5.75 Å². The molecule has 0 aromatic heterocycles. The Balaban J connectivity index is 2.06. The van der Waals surface area contributed by atoms with E-state index in [1.165, 1.54) is 0 Å². The van der Waals surface area contributed by atoms with Crippen molar-refractivity contribution in [3.05, 3.63) is 58.1 Å². The van der Waals surface area contributed by atoms with Gasteiger partial charge in [0.25, 0.3) is 0 Å². The molecule has 0 aliphatic carbocycles. The molecule has 0 bridgehead atoms. The molecule has 0 aliphatic heterocycles. The van der Waals surface area contributed by atoms with E-state index in [9.17, 15) is 0 Å². The van der Waals surface area contributed by atoms with Crippen LogP contribution in [-0.2, 0) is 0 Å². The molecule has 0 amide bonds. The van der Waals surface area contributed by atoms with Crippen LogP contribution in [0.1, 0.15) is 32.4 Å². The predicted molar refractivity (Wildman–Crippen MR) is 90.7 cm³/mol. The van der Waals surface area contributed by atoms with Gasteiger partial charge in [-0.25, -0.2) is 0 Å². The summed E-state index contributed by atoms with van der Waals surface area (Å²) in [6, 6.07) is 13.6. The van der Waals surface area contributed by atoms with Crippen LogP contribution in [0.15, 0.2) is 42.5 Å². The number of nitrogens with one attached hydrogen (secondary N) is 1. The quantitative estimate of drug-likeness (QED) is 0.733. The molecule has 0 spiro atoms. The number of hydrogen-bond acceptors (Lipinski definition) is 2. The van der Waals surface area contributed by atoms with Crippen LogP contribution < -0.4 is 10.1 Å². The first-order valence-electron chi connectivity index (χ1n) is 6.94. The van der Waals surface area contributed by atoms with Gasteiger partial charge in [-0.1, -0.05) is 29.3 Å². The average Bonchev–Trinajstić information content (AvgIpc) is 2.40. The lowest BCUT2D eigenvalue weighted by Crippen LogP contribution is -2.08. The third-order valence-corrected chi connectivity index (χ3v) is 3.60. The predicted octanol–water partition coefficient (Wildman–Crippen LogP) is 5.95. The van der Waals surface area contributed by atoms with E-state index >= 15 is 0 Å². The maximum Gasteiger partial charge on any atom is 0.119 e.